The summed E-state index contributed by atoms with van der Waals surface area (Å²) in [6, 6.07) is 0.325. The van der Waals surface area contributed by atoms with Gasteiger partial charge >= 0.3 is 6.09 Å². The Hall–Kier alpha value is -0.810. The molecule has 1 amide bonds. The van der Waals surface area contributed by atoms with E-state index in [2.05, 4.69) is 10.2 Å². The van der Waals surface area contributed by atoms with Gasteiger partial charge in [-0.05, 0) is 77.7 Å². The highest BCUT2D eigenvalue weighted by molar-refractivity contribution is 5.68. The number of ether oxygens (including phenoxy) is 1. The molecule has 3 aliphatic rings. The minimum absolute atomic E-state index is 0.0853. The lowest BCUT2D eigenvalue weighted by Gasteiger charge is -2.45. The van der Waals surface area contributed by atoms with Crippen LogP contribution in [0.3, 0.4) is 0 Å². The average molecular weight is 324 g/mol. The van der Waals surface area contributed by atoms with Gasteiger partial charge in [0.25, 0.3) is 0 Å². The molecule has 3 unspecified atom stereocenters. The van der Waals surface area contributed by atoms with Gasteiger partial charge in [0.05, 0.1) is 6.10 Å². The van der Waals surface area contributed by atoms with Crippen molar-refractivity contribution in [3.63, 3.8) is 0 Å². The Morgan fingerprint density at radius 2 is 2.00 bits per heavy atom. The van der Waals surface area contributed by atoms with Crippen LogP contribution in [0.15, 0.2) is 0 Å². The number of amides is 1. The van der Waals surface area contributed by atoms with Crippen LogP contribution in [0.2, 0.25) is 0 Å². The van der Waals surface area contributed by atoms with Crippen LogP contribution in [0.25, 0.3) is 0 Å². The van der Waals surface area contributed by atoms with E-state index in [1.807, 2.05) is 20.8 Å². The summed E-state index contributed by atoms with van der Waals surface area (Å²) in [6.07, 6.45) is 7.07. The van der Waals surface area contributed by atoms with Gasteiger partial charge in [-0.1, -0.05) is 0 Å². The van der Waals surface area contributed by atoms with Gasteiger partial charge in [-0.3, -0.25) is 4.90 Å². The van der Waals surface area contributed by atoms with E-state index in [4.69, 9.17) is 4.74 Å². The molecule has 2 N–H and O–H groups in total. The van der Waals surface area contributed by atoms with Crippen LogP contribution in [-0.2, 0) is 4.74 Å². The Morgan fingerprint density at radius 1 is 1.26 bits per heavy atom. The van der Waals surface area contributed by atoms with E-state index in [-0.39, 0.29) is 24.3 Å². The van der Waals surface area contributed by atoms with Crippen molar-refractivity contribution in [1.82, 2.24) is 10.2 Å². The van der Waals surface area contributed by atoms with E-state index in [1.165, 1.54) is 25.7 Å². The second-order valence-electron chi connectivity index (χ2n) is 8.86. The maximum atomic E-state index is 12.2. The highest BCUT2D eigenvalue weighted by Crippen LogP contribution is 2.52. The lowest BCUT2D eigenvalue weighted by atomic mass is 9.84. The molecule has 0 aromatic carbocycles. The van der Waals surface area contributed by atoms with Gasteiger partial charge in [0, 0.05) is 18.6 Å². The number of aliphatic hydroxyl groups is 1. The molecule has 2 aliphatic carbocycles. The third kappa shape index (κ3) is 4.38. The third-order valence-electron chi connectivity index (χ3n) is 5.61. The first-order chi connectivity index (χ1) is 10.8. The Balaban J connectivity index is 1.63. The zero-order valence-corrected chi connectivity index (χ0v) is 14.8. The molecule has 5 heteroatoms. The fourth-order valence-corrected chi connectivity index (χ4v) is 4.27. The Labute approximate surface area is 139 Å². The van der Waals surface area contributed by atoms with Crippen molar-refractivity contribution in [2.75, 3.05) is 13.1 Å². The number of alkyl carbamates (subject to hydrolysis) is 1. The number of piperidine rings is 1. The molecule has 0 radical (unpaired) electrons. The van der Waals surface area contributed by atoms with Gasteiger partial charge in [-0.2, -0.15) is 0 Å². The largest absolute Gasteiger partial charge is 0.444 e. The van der Waals surface area contributed by atoms with Gasteiger partial charge < -0.3 is 15.2 Å². The number of carbonyl (C=O) groups is 1. The first-order valence-corrected chi connectivity index (χ1v) is 9.18. The SMILES string of the molecule is CC(C)(C)OC(=O)NC1CCC(O)CC1N1CCCC2(CC2)C1. The van der Waals surface area contributed by atoms with Crippen molar-refractivity contribution in [2.45, 2.75) is 89.5 Å². The number of likely N-dealkylation sites (tertiary alicyclic amines) is 1. The van der Waals surface area contributed by atoms with Crippen LogP contribution in [0, 0.1) is 5.41 Å². The molecule has 132 valence electrons. The molecule has 1 saturated heterocycles. The zero-order valence-electron chi connectivity index (χ0n) is 14.8. The summed E-state index contributed by atoms with van der Waals surface area (Å²) in [6.45, 7) is 7.88. The molecule has 1 spiro atoms. The molecule has 3 atom stereocenters. The second kappa shape index (κ2) is 6.25. The molecular formula is C18H32N2O3. The van der Waals surface area contributed by atoms with E-state index in [1.54, 1.807) is 0 Å². The highest BCUT2D eigenvalue weighted by Gasteiger charge is 2.48. The molecule has 0 aromatic heterocycles. The summed E-state index contributed by atoms with van der Waals surface area (Å²) >= 11 is 0. The van der Waals surface area contributed by atoms with Crippen molar-refractivity contribution < 1.29 is 14.6 Å². The topological polar surface area (TPSA) is 61.8 Å². The number of hydrogen-bond donors (Lipinski definition) is 2. The fourth-order valence-electron chi connectivity index (χ4n) is 4.27. The van der Waals surface area contributed by atoms with Gasteiger partial charge in [-0.15, -0.1) is 0 Å². The lowest BCUT2D eigenvalue weighted by molar-refractivity contribution is 0.00810. The quantitative estimate of drug-likeness (QED) is 0.820. The molecule has 2 saturated carbocycles. The van der Waals surface area contributed by atoms with Crippen LogP contribution in [0.1, 0.15) is 65.7 Å². The number of nitrogens with one attached hydrogen (secondary N) is 1. The van der Waals surface area contributed by atoms with Crippen LogP contribution in [0.4, 0.5) is 4.79 Å². The van der Waals surface area contributed by atoms with E-state index >= 15 is 0 Å². The number of rotatable bonds is 2. The number of aliphatic hydroxyl groups excluding tert-OH is 1. The summed E-state index contributed by atoms with van der Waals surface area (Å²) in [7, 11) is 0. The molecular weight excluding hydrogens is 292 g/mol. The maximum Gasteiger partial charge on any atom is 0.407 e. The summed E-state index contributed by atoms with van der Waals surface area (Å²) in [4.78, 5) is 14.7. The van der Waals surface area contributed by atoms with Crippen molar-refractivity contribution in [2.24, 2.45) is 5.41 Å². The summed E-state index contributed by atoms with van der Waals surface area (Å²) in [5.41, 5.74) is 0.0775. The number of carbonyl (C=O) groups excluding carboxylic acids is 1. The molecule has 23 heavy (non-hydrogen) atoms. The summed E-state index contributed by atoms with van der Waals surface area (Å²) in [5, 5.41) is 13.2. The van der Waals surface area contributed by atoms with E-state index < -0.39 is 5.60 Å². The maximum absolute atomic E-state index is 12.2. The Morgan fingerprint density at radius 3 is 2.65 bits per heavy atom. The standard InChI is InChI=1S/C18H32N2O3/c1-17(2,3)23-16(22)19-14-6-5-13(21)11-15(14)20-10-4-7-18(12-20)8-9-18/h13-15,21H,4-12H2,1-3H3,(H,19,22). The van der Waals surface area contributed by atoms with Crippen molar-refractivity contribution in [1.29, 1.82) is 0 Å². The van der Waals surface area contributed by atoms with E-state index in [0.717, 1.165) is 32.4 Å². The van der Waals surface area contributed by atoms with E-state index in [0.29, 0.717) is 5.41 Å². The zero-order chi connectivity index (χ0) is 16.7. The van der Waals surface area contributed by atoms with Crippen molar-refractivity contribution in [3.05, 3.63) is 0 Å². The third-order valence-corrected chi connectivity index (χ3v) is 5.61. The molecule has 1 aliphatic heterocycles. The Bertz CT molecular complexity index is 442. The number of hydrogen-bond acceptors (Lipinski definition) is 4. The van der Waals surface area contributed by atoms with Crippen molar-refractivity contribution >= 4 is 6.09 Å². The summed E-state index contributed by atoms with van der Waals surface area (Å²) in [5.74, 6) is 0. The Kier molecular flexibility index (Phi) is 4.62. The average Bonchev–Trinajstić information content (AvgIpc) is 3.17. The monoisotopic (exact) mass is 324 g/mol. The van der Waals surface area contributed by atoms with Crippen LogP contribution in [-0.4, -0.2) is 53.0 Å². The van der Waals surface area contributed by atoms with Crippen LogP contribution < -0.4 is 5.32 Å². The molecule has 0 aromatic rings. The van der Waals surface area contributed by atoms with Gasteiger partial charge in [-0.25, -0.2) is 4.79 Å². The number of nitrogens with zero attached hydrogens (tertiary/aromatic N) is 1. The lowest BCUT2D eigenvalue weighted by Crippen LogP contribution is -2.58. The first kappa shape index (κ1) is 17.0. The van der Waals surface area contributed by atoms with Gasteiger partial charge in [0.2, 0.25) is 0 Å². The molecule has 3 fully saturated rings. The molecule has 1 heterocycles. The summed E-state index contributed by atoms with van der Waals surface area (Å²) < 4.78 is 5.43. The predicted octanol–water partition coefficient (Wildman–Crippen LogP) is 2.67. The first-order valence-electron chi connectivity index (χ1n) is 9.18. The smallest absolute Gasteiger partial charge is 0.407 e. The minimum Gasteiger partial charge on any atom is -0.444 e. The predicted molar refractivity (Wildman–Crippen MR) is 89.3 cm³/mol. The fraction of sp³-hybridized carbons (Fsp3) is 0.944. The highest BCUT2D eigenvalue weighted by atomic mass is 16.6. The normalized spacial score (nSPS) is 34.2. The second-order valence-corrected chi connectivity index (χ2v) is 8.86. The molecule has 3 rings (SSSR count). The molecule has 5 nitrogen and oxygen atoms in total. The molecule has 0 bridgehead atoms. The van der Waals surface area contributed by atoms with Crippen LogP contribution >= 0.6 is 0 Å². The van der Waals surface area contributed by atoms with Gasteiger partial charge in [0.15, 0.2) is 0 Å². The van der Waals surface area contributed by atoms with Crippen molar-refractivity contribution in [3.8, 4) is 0 Å². The van der Waals surface area contributed by atoms with E-state index in [9.17, 15) is 9.90 Å². The van der Waals surface area contributed by atoms with Crippen LogP contribution in [0.5, 0.6) is 0 Å². The minimum atomic E-state index is -0.475. The van der Waals surface area contributed by atoms with Gasteiger partial charge in [0.1, 0.15) is 5.60 Å².